The summed E-state index contributed by atoms with van der Waals surface area (Å²) < 4.78 is 10.8. The van der Waals surface area contributed by atoms with Gasteiger partial charge in [-0.15, -0.1) is 0 Å². The number of carbonyl (C=O) groups is 2. The Labute approximate surface area is 218 Å². The third-order valence-corrected chi connectivity index (χ3v) is 7.48. The van der Waals surface area contributed by atoms with Crippen molar-refractivity contribution in [3.63, 3.8) is 0 Å². The van der Waals surface area contributed by atoms with E-state index >= 15 is 0 Å². The second-order valence-electron chi connectivity index (χ2n) is 9.65. The van der Waals surface area contributed by atoms with Gasteiger partial charge in [0.25, 0.3) is 0 Å². The molecule has 9 heteroatoms. The average Bonchev–Trinajstić information content (AvgIpc) is 3.23. The van der Waals surface area contributed by atoms with Gasteiger partial charge in [0, 0.05) is 45.5 Å². The van der Waals surface area contributed by atoms with Crippen LogP contribution in [0.4, 0.5) is 0 Å². The number of thioether (sulfide) groups is 1. The van der Waals surface area contributed by atoms with Gasteiger partial charge < -0.3 is 19.3 Å². The zero-order valence-corrected chi connectivity index (χ0v) is 22.6. The van der Waals surface area contributed by atoms with Crippen molar-refractivity contribution >= 4 is 28.8 Å². The number of ether oxygens (including phenoxy) is 2. The van der Waals surface area contributed by atoms with Crippen molar-refractivity contribution < 1.29 is 19.1 Å². The Bertz CT molecular complexity index is 1090. The van der Waals surface area contributed by atoms with Gasteiger partial charge in [-0.2, -0.15) is 0 Å². The van der Waals surface area contributed by atoms with Gasteiger partial charge >= 0.3 is 5.97 Å². The molecule has 4 rings (SSSR count). The van der Waals surface area contributed by atoms with Crippen LogP contribution in [0, 0.1) is 6.92 Å². The first kappa shape index (κ1) is 26.4. The lowest BCUT2D eigenvalue weighted by Gasteiger charge is -2.38. The van der Waals surface area contributed by atoms with Crippen LogP contribution in [0.15, 0.2) is 51.6 Å². The van der Waals surface area contributed by atoms with Crippen LogP contribution in [-0.4, -0.2) is 84.3 Å². The lowest BCUT2D eigenvalue weighted by molar-refractivity contribution is -0.143. The molecule has 3 heterocycles. The first-order valence-corrected chi connectivity index (χ1v) is 13.4. The van der Waals surface area contributed by atoms with Crippen molar-refractivity contribution in [2.75, 3.05) is 46.4 Å². The van der Waals surface area contributed by atoms with E-state index < -0.39 is 6.04 Å². The molecule has 0 spiro atoms. The summed E-state index contributed by atoms with van der Waals surface area (Å²) in [5.74, 6) is -0.276. The van der Waals surface area contributed by atoms with Crippen LogP contribution in [0.3, 0.4) is 0 Å². The predicted molar refractivity (Wildman–Crippen MR) is 142 cm³/mol. The summed E-state index contributed by atoms with van der Waals surface area (Å²) in [6, 6.07) is 7.75. The van der Waals surface area contributed by atoms with Crippen LogP contribution in [0.2, 0.25) is 0 Å². The van der Waals surface area contributed by atoms with Gasteiger partial charge in [0.15, 0.2) is 5.17 Å². The highest BCUT2D eigenvalue weighted by molar-refractivity contribution is 8.16. The number of hydrogen-bond acceptors (Lipinski definition) is 8. The Balaban J connectivity index is 1.57. The van der Waals surface area contributed by atoms with Gasteiger partial charge in [0.05, 0.1) is 36.4 Å². The molecule has 1 aromatic rings. The second kappa shape index (κ2) is 11.6. The molecule has 1 unspecified atom stereocenters. The quantitative estimate of drug-likeness (QED) is 0.492. The van der Waals surface area contributed by atoms with Gasteiger partial charge in [0.2, 0.25) is 5.91 Å². The maximum absolute atomic E-state index is 13.3. The summed E-state index contributed by atoms with van der Waals surface area (Å²) in [4.78, 5) is 37.7. The molecule has 1 amide bonds. The van der Waals surface area contributed by atoms with Gasteiger partial charge in [-0.3, -0.25) is 9.69 Å². The van der Waals surface area contributed by atoms with E-state index in [2.05, 4.69) is 15.9 Å². The molecule has 1 aromatic carbocycles. The Kier molecular flexibility index (Phi) is 8.54. The van der Waals surface area contributed by atoms with Crippen molar-refractivity contribution in [2.24, 2.45) is 4.99 Å². The van der Waals surface area contributed by atoms with Crippen LogP contribution in [-0.2, 0) is 19.1 Å². The van der Waals surface area contributed by atoms with E-state index in [4.69, 9.17) is 14.5 Å². The topological polar surface area (TPSA) is 74.7 Å². The number of fused-ring (bicyclic) bond motifs is 1. The number of methoxy groups -OCH3 is 1. The molecule has 194 valence electrons. The number of amides is 1. The number of amidine groups is 1. The molecule has 3 aliphatic heterocycles. The minimum absolute atomic E-state index is 0.0927. The number of hydrogen-bond donors (Lipinski definition) is 0. The average molecular weight is 513 g/mol. The molecule has 8 nitrogen and oxygen atoms in total. The minimum atomic E-state index is -0.399. The molecule has 0 aliphatic carbocycles. The number of esters is 1. The SMILES string of the molecule is COCCN1CCN(C(=O)CC2=CSC3=NC(C)=C(C(=O)OC(C)C)C(c4cccc(C)c4)N23)CC1. The second-order valence-corrected chi connectivity index (χ2v) is 10.5. The summed E-state index contributed by atoms with van der Waals surface area (Å²) in [6.45, 7) is 12.3. The summed E-state index contributed by atoms with van der Waals surface area (Å²) in [7, 11) is 1.71. The summed E-state index contributed by atoms with van der Waals surface area (Å²) in [5, 5.41) is 2.78. The molecule has 36 heavy (non-hydrogen) atoms. The molecule has 0 radical (unpaired) electrons. The van der Waals surface area contributed by atoms with E-state index in [0.29, 0.717) is 31.0 Å². The maximum Gasteiger partial charge on any atom is 0.338 e. The molecule has 1 saturated heterocycles. The van der Waals surface area contributed by atoms with E-state index in [-0.39, 0.29) is 24.4 Å². The fourth-order valence-electron chi connectivity index (χ4n) is 4.77. The van der Waals surface area contributed by atoms with E-state index in [9.17, 15) is 9.59 Å². The molecule has 1 atom stereocenters. The first-order valence-electron chi connectivity index (χ1n) is 12.5. The van der Waals surface area contributed by atoms with Crippen molar-refractivity contribution in [3.05, 3.63) is 57.8 Å². The molecule has 1 fully saturated rings. The number of rotatable bonds is 8. The van der Waals surface area contributed by atoms with E-state index in [1.54, 1.807) is 7.11 Å². The van der Waals surface area contributed by atoms with Crippen molar-refractivity contribution in [1.82, 2.24) is 14.7 Å². The predicted octanol–water partition coefficient (Wildman–Crippen LogP) is 3.70. The molecule has 0 saturated carbocycles. The summed E-state index contributed by atoms with van der Waals surface area (Å²) in [5.41, 5.74) is 4.11. The minimum Gasteiger partial charge on any atom is -0.459 e. The highest BCUT2D eigenvalue weighted by atomic mass is 32.2. The number of aliphatic imine (C=N–C) groups is 1. The van der Waals surface area contributed by atoms with E-state index in [1.165, 1.54) is 11.8 Å². The van der Waals surface area contributed by atoms with Gasteiger partial charge in [0.1, 0.15) is 0 Å². The third kappa shape index (κ3) is 5.85. The van der Waals surface area contributed by atoms with Crippen LogP contribution < -0.4 is 0 Å². The van der Waals surface area contributed by atoms with Gasteiger partial charge in [-0.25, -0.2) is 9.79 Å². The molecule has 3 aliphatic rings. The van der Waals surface area contributed by atoms with Crippen molar-refractivity contribution in [1.29, 1.82) is 0 Å². The van der Waals surface area contributed by atoms with E-state index in [1.807, 2.05) is 56.2 Å². The lowest BCUT2D eigenvalue weighted by Crippen LogP contribution is -2.49. The van der Waals surface area contributed by atoms with Crippen LogP contribution >= 0.6 is 11.8 Å². The summed E-state index contributed by atoms with van der Waals surface area (Å²) >= 11 is 1.50. The lowest BCUT2D eigenvalue weighted by atomic mass is 9.93. The highest BCUT2D eigenvalue weighted by Crippen LogP contribution is 2.45. The third-order valence-electron chi connectivity index (χ3n) is 6.59. The molecule has 0 aromatic heterocycles. The fourth-order valence-corrected chi connectivity index (χ4v) is 5.74. The van der Waals surface area contributed by atoms with Crippen LogP contribution in [0.1, 0.15) is 44.4 Å². The Morgan fingerprint density at radius 1 is 1.17 bits per heavy atom. The fraction of sp³-hybridized carbons (Fsp3) is 0.519. The van der Waals surface area contributed by atoms with E-state index in [0.717, 1.165) is 41.6 Å². The first-order chi connectivity index (χ1) is 17.3. The number of benzene rings is 1. The number of nitrogens with zero attached hydrogens (tertiary/aromatic N) is 4. The molecule has 0 bridgehead atoms. The van der Waals surface area contributed by atoms with Crippen molar-refractivity contribution in [3.8, 4) is 0 Å². The monoisotopic (exact) mass is 512 g/mol. The number of aryl methyl sites for hydroxylation is 1. The Morgan fingerprint density at radius 2 is 1.92 bits per heavy atom. The normalized spacial score (nSPS) is 20.4. The highest BCUT2D eigenvalue weighted by Gasteiger charge is 2.41. The number of piperazine rings is 1. The van der Waals surface area contributed by atoms with Crippen LogP contribution in [0.25, 0.3) is 0 Å². The number of allylic oxidation sites excluding steroid dienone is 1. The zero-order chi connectivity index (χ0) is 25.8. The molecular weight excluding hydrogens is 476 g/mol. The maximum atomic E-state index is 13.3. The van der Waals surface area contributed by atoms with Gasteiger partial charge in [-0.1, -0.05) is 41.6 Å². The number of carbonyl (C=O) groups excluding carboxylic acids is 2. The molecule has 0 N–H and O–H groups in total. The Morgan fingerprint density at radius 3 is 2.58 bits per heavy atom. The van der Waals surface area contributed by atoms with Crippen molar-refractivity contribution in [2.45, 2.75) is 46.3 Å². The standard InChI is InChI=1S/C27H36N4O4S/c1-18(2)35-26(33)24-20(4)28-27-31(25(24)21-8-6-7-19(3)15-21)22(17-36-27)16-23(32)30-11-9-29(10-12-30)13-14-34-5/h6-8,15,17-18,25H,9-14,16H2,1-5H3. The summed E-state index contributed by atoms with van der Waals surface area (Å²) in [6.07, 6.45) is 0.0197. The van der Waals surface area contributed by atoms with Crippen LogP contribution in [0.5, 0.6) is 0 Å². The largest absolute Gasteiger partial charge is 0.459 e. The Hall–Kier alpha value is -2.62. The molecular formula is C27H36N4O4S. The zero-order valence-electron chi connectivity index (χ0n) is 21.8. The smallest absolute Gasteiger partial charge is 0.338 e. The van der Waals surface area contributed by atoms with Gasteiger partial charge in [-0.05, 0) is 38.7 Å².